The maximum absolute atomic E-state index is 10.8. The van der Waals surface area contributed by atoms with E-state index in [1.807, 2.05) is 0 Å². The number of rotatable bonds is 5. The maximum atomic E-state index is 10.8. The molecule has 0 aromatic carbocycles. The Morgan fingerprint density at radius 1 is 1.38 bits per heavy atom. The fourth-order valence-electron chi connectivity index (χ4n) is 1.92. The largest absolute Gasteiger partial charge is 0.375 e. The van der Waals surface area contributed by atoms with Gasteiger partial charge in [0.1, 0.15) is 0 Å². The van der Waals surface area contributed by atoms with E-state index >= 15 is 0 Å². The van der Waals surface area contributed by atoms with Crippen LogP contribution < -0.4 is 10.0 Å². The molecule has 1 atom stereocenters. The number of sulfonamides is 1. The molecule has 1 saturated heterocycles. The van der Waals surface area contributed by atoms with Crippen molar-refractivity contribution in [1.82, 2.24) is 10.0 Å². The molecule has 1 rings (SSSR count). The van der Waals surface area contributed by atoms with E-state index in [-0.39, 0.29) is 5.60 Å². The van der Waals surface area contributed by atoms with Gasteiger partial charge < -0.3 is 10.1 Å². The Morgan fingerprint density at radius 2 is 2.06 bits per heavy atom. The zero-order valence-corrected chi connectivity index (χ0v) is 11.1. The van der Waals surface area contributed by atoms with Gasteiger partial charge in [-0.2, -0.15) is 0 Å². The normalized spacial score (nSPS) is 25.6. The first-order valence-electron chi connectivity index (χ1n) is 5.60. The van der Waals surface area contributed by atoms with Crippen LogP contribution in [0.25, 0.3) is 0 Å². The van der Waals surface area contributed by atoms with Gasteiger partial charge in [0.05, 0.1) is 11.9 Å². The average Bonchev–Trinajstić information content (AvgIpc) is 2.09. The summed E-state index contributed by atoms with van der Waals surface area (Å²) in [5.74, 6) is 0. The molecule has 0 aliphatic carbocycles. The monoisotopic (exact) mass is 250 g/mol. The highest BCUT2D eigenvalue weighted by Gasteiger charge is 2.28. The first kappa shape index (κ1) is 13.9. The number of hydrogen-bond acceptors (Lipinski definition) is 4. The van der Waals surface area contributed by atoms with E-state index in [1.54, 1.807) is 0 Å². The molecule has 6 heteroatoms. The van der Waals surface area contributed by atoms with Crippen LogP contribution in [0.4, 0.5) is 0 Å². The predicted octanol–water partition coefficient (Wildman–Crippen LogP) is 0.0828. The van der Waals surface area contributed by atoms with Crippen LogP contribution in [-0.2, 0) is 14.8 Å². The maximum Gasteiger partial charge on any atom is 0.208 e. The van der Waals surface area contributed by atoms with Crippen molar-refractivity contribution < 1.29 is 13.2 Å². The van der Waals surface area contributed by atoms with Crippen LogP contribution in [-0.4, -0.2) is 46.0 Å². The zero-order chi connectivity index (χ0) is 12.2. The second kappa shape index (κ2) is 5.44. The summed E-state index contributed by atoms with van der Waals surface area (Å²) in [4.78, 5) is 0. The molecular formula is C10H22N2O3S. The molecule has 96 valence electrons. The first-order valence-corrected chi connectivity index (χ1v) is 7.50. The molecule has 0 bridgehead atoms. The minimum atomic E-state index is -3.06. The van der Waals surface area contributed by atoms with Crippen LogP contribution in [0.15, 0.2) is 0 Å². The Labute approximate surface area is 98.0 Å². The SMILES string of the molecule is CC1(C)CC(NCCNS(C)(=O)=O)CCO1. The van der Waals surface area contributed by atoms with E-state index in [0.717, 1.165) is 19.4 Å². The van der Waals surface area contributed by atoms with Crippen molar-refractivity contribution in [3.63, 3.8) is 0 Å². The van der Waals surface area contributed by atoms with Gasteiger partial charge in [-0.05, 0) is 26.7 Å². The van der Waals surface area contributed by atoms with Crippen LogP contribution in [0.5, 0.6) is 0 Å². The van der Waals surface area contributed by atoms with E-state index in [2.05, 4.69) is 23.9 Å². The third-order valence-corrected chi connectivity index (χ3v) is 3.35. The Balaban J connectivity index is 2.18. The second-order valence-corrected chi connectivity index (χ2v) is 6.75. The van der Waals surface area contributed by atoms with Gasteiger partial charge in [0.15, 0.2) is 0 Å². The van der Waals surface area contributed by atoms with Crippen LogP contribution in [0.3, 0.4) is 0 Å². The van der Waals surface area contributed by atoms with Crippen LogP contribution in [0, 0.1) is 0 Å². The number of nitrogens with one attached hydrogen (secondary N) is 2. The van der Waals surface area contributed by atoms with E-state index in [4.69, 9.17) is 4.74 Å². The predicted molar refractivity (Wildman–Crippen MR) is 63.9 cm³/mol. The summed E-state index contributed by atoms with van der Waals surface area (Å²) in [7, 11) is -3.06. The molecule has 1 aliphatic heterocycles. The van der Waals surface area contributed by atoms with E-state index in [1.165, 1.54) is 6.26 Å². The van der Waals surface area contributed by atoms with Gasteiger partial charge in [-0.3, -0.25) is 0 Å². The molecule has 0 radical (unpaired) electrons. The van der Waals surface area contributed by atoms with Gasteiger partial charge >= 0.3 is 0 Å². The molecule has 1 unspecified atom stereocenters. The van der Waals surface area contributed by atoms with Crippen molar-refractivity contribution in [3.8, 4) is 0 Å². The van der Waals surface area contributed by atoms with Crippen molar-refractivity contribution >= 4 is 10.0 Å². The Bertz CT molecular complexity index is 314. The fourth-order valence-corrected chi connectivity index (χ4v) is 2.39. The topological polar surface area (TPSA) is 67.4 Å². The van der Waals surface area contributed by atoms with Crippen molar-refractivity contribution in [2.75, 3.05) is 26.0 Å². The minimum absolute atomic E-state index is 0.0693. The summed E-state index contributed by atoms with van der Waals surface area (Å²) in [5.41, 5.74) is -0.0693. The van der Waals surface area contributed by atoms with Gasteiger partial charge in [-0.1, -0.05) is 0 Å². The summed E-state index contributed by atoms with van der Waals surface area (Å²) < 4.78 is 29.7. The smallest absolute Gasteiger partial charge is 0.208 e. The van der Waals surface area contributed by atoms with Gasteiger partial charge in [0.2, 0.25) is 10.0 Å². The van der Waals surface area contributed by atoms with E-state index < -0.39 is 10.0 Å². The molecule has 1 fully saturated rings. The first-order chi connectivity index (χ1) is 7.29. The number of ether oxygens (including phenoxy) is 1. The van der Waals surface area contributed by atoms with E-state index in [9.17, 15) is 8.42 Å². The second-order valence-electron chi connectivity index (χ2n) is 4.92. The molecular weight excluding hydrogens is 228 g/mol. The highest BCUT2D eigenvalue weighted by Crippen LogP contribution is 2.23. The molecule has 0 aromatic rings. The fraction of sp³-hybridized carbons (Fsp3) is 1.00. The molecule has 0 spiro atoms. The molecule has 5 nitrogen and oxygen atoms in total. The quantitative estimate of drug-likeness (QED) is 0.678. The summed E-state index contributed by atoms with van der Waals surface area (Å²) in [6, 6.07) is 0.421. The molecule has 0 saturated carbocycles. The number of hydrogen-bond donors (Lipinski definition) is 2. The third-order valence-electron chi connectivity index (χ3n) is 2.62. The highest BCUT2D eigenvalue weighted by atomic mass is 32.2. The lowest BCUT2D eigenvalue weighted by molar-refractivity contribution is -0.0626. The summed E-state index contributed by atoms with van der Waals surface area (Å²) in [5, 5.41) is 3.34. The van der Waals surface area contributed by atoms with Crippen molar-refractivity contribution in [2.45, 2.75) is 38.3 Å². The van der Waals surface area contributed by atoms with E-state index in [0.29, 0.717) is 19.1 Å². The average molecular weight is 250 g/mol. The lowest BCUT2D eigenvalue weighted by Crippen LogP contribution is -2.45. The van der Waals surface area contributed by atoms with Gasteiger partial charge in [0.25, 0.3) is 0 Å². The molecule has 16 heavy (non-hydrogen) atoms. The third kappa shape index (κ3) is 5.79. The molecule has 0 amide bonds. The Morgan fingerprint density at radius 3 is 2.62 bits per heavy atom. The van der Waals surface area contributed by atoms with Crippen LogP contribution in [0.1, 0.15) is 26.7 Å². The minimum Gasteiger partial charge on any atom is -0.375 e. The van der Waals surface area contributed by atoms with Crippen LogP contribution >= 0.6 is 0 Å². The lowest BCUT2D eigenvalue weighted by Gasteiger charge is -2.36. The van der Waals surface area contributed by atoms with Crippen molar-refractivity contribution in [2.24, 2.45) is 0 Å². The highest BCUT2D eigenvalue weighted by molar-refractivity contribution is 7.88. The Kier molecular flexibility index (Phi) is 4.73. The Hall–Kier alpha value is -0.170. The van der Waals surface area contributed by atoms with Crippen molar-refractivity contribution in [1.29, 1.82) is 0 Å². The molecule has 1 aliphatic rings. The van der Waals surface area contributed by atoms with Gasteiger partial charge in [-0.15, -0.1) is 0 Å². The lowest BCUT2D eigenvalue weighted by atomic mass is 9.94. The zero-order valence-electron chi connectivity index (χ0n) is 10.2. The summed E-state index contributed by atoms with van der Waals surface area (Å²) in [6.45, 7) is 6.03. The van der Waals surface area contributed by atoms with Crippen molar-refractivity contribution in [3.05, 3.63) is 0 Å². The summed E-state index contributed by atoms with van der Waals surface area (Å²) >= 11 is 0. The molecule has 2 N–H and O–H groups in total. The summed E-state index contributed by atoms with van der Waals surface area (Å²) in [6.07, 6.45) is 3.12. The van der Waals surface area contributed by atoms with Crippen LogP contribution in [0.2, 0.25) is 0 Å². The standard InChI is InChI=1S/C10H22N2O3S/c1-10(2)8-9(4-7-15-10)11-5-6-12-16(3,13)14/h9,11-12H,4-8H2,1-3H3. The van der Waals surface area contributed by atoms with Gasteiger partial charge in [0, 0.05) is 25.7 Å². The molecule has 1 heterocycles. The van der Waals surface area contributed by atoms with Gasteiger partial charge in [-0.25, -0.2) is 13.1 Å². The molecule has 0 aromatic heterocycles.